The van der Waals surface area contributed by atoms with E-state index in [9.17, 15) is 4.79 Å². The quantitative estimate of drug-likeness (QED) is 0.683. The number of amides is 1. The highest BCUT2D eigenvalue weighted by Crippen LogP contribution is 2.56. The van der Waals surface area contributed by atoms with Gasteiger partial charge in [0.15, 0.2) is 0 Å². The number of hydrogen-bond acceptors (Lipinski definition) is 4. The lowest BCUT2D eigenvalue weighted by Crippen LogP contribution is -2.43. The van der Waals surface area contributed by atoms with E-state index in [-0.39, 0.29) is 11.5 Å². The van der Waals surface area contributed by atoms with Gasteiger partial charge in [-0.15, -0.1) is 0 Å². The molecule has 27 heavy (non-hydrogen) atoms. The average Bonchev–Trinajstić information content (AvgIpc) is 3.42. The first-order chi connectivity index (χ1) is 12.8. The van der Waals surface area contributed by atoms with Crippen LogP contribution in [0.4, 0.5) is 4.79 Å². The highest BCUT2D eigenvalue weighted by Gasteiger charge is 2.52. The molecule has 0 aromatic carbocycles. The number of ether oxygens (including phenoxy) is 1. The zero-order valence-electron chi connectivity index (χ0n) is 16.2. The minimum atomic E-state index is -0.448. The molecule has 2 aromatic heterocycles. The molecule has 1 saturated heterocycles. The Morgan fingerprint density at radius 3 is 2.59 bits per heavy atom. The maximum Gasteiger partial charge on any atom is 0.410 e. The van der Waals surface area contributed by atoms with Gasteiger partial charge in [-0.1, -0.05) is 11.6 Å². The molecule has 6 heteroatoms. The minimum absolute atomic E-state index is 0.157. The van der Waals surface area contributed by atoms with Crippen LogP contribution < -0.4 is 0 Å². The third kappa shape index (κ3) is 3.75. The zero-order chi connectivity index (χ0) is 19.2. The topological polar surface area (TPSA) is 55.3 Å². The van der Waals surface area contributed by atoms with Crippen LogP contribution in [0.5, 0.6) is 0 Å². The molecule has 0 spiro atoms. The molecule has 2 fully saturated rings. The molecule has 1 saturated carbocycles. The fourth-order valence-electron chi connectivity index (χ4n) is 4.22. The molecule has 0 bridgehead atoms. The Morgan fingerprint density at radius 1 is 1.26 bits per heavy atom. The Kier molecular flexibility index (Phi) is 4.53. The molecule has 5 nitrogen and oxygen atoms in total. The molecule has 144 valence electrons. The fraction of sp³-hybridized carbons (Fsp3) is 0.571. The summed E-state index contributed by atoms with van der Waals surface area (Å²) in [7, 11) is 0. The number of carbonyl (C=O) groups is 1. The Morgan fingerprint density at radius 2 is 1.96 bits per heavy atom. The first-order valence-corrected chi connectivity index (χ1v) is 10.1. The SMILES string of the molecule is CC(C)(C)OC(=O)N1CCC(C2(c3ccc4cnc(Cl)cc4n3)CC2)CC1. The summed E-state index contributed by atoms with van der Waals surface area (Å²) in [5, 5.41) is 1.49. The molecule has 2 aliphatic rings. The van der Waals surface area contributed by atoms with Gasteiger partial charge in [-0.2, -0.15) is 0 Å². The average molecular weight is 388 g/mol. The summed E-state index contributed by atoms with van der Waals surface area (Å²) in [4.78, 5) is 23.2. The lowest BCUT2D eigenvalue weighted by Gasteiger charge is -2.37. The first-order valence-electron chi connectivity index (χ1n) is 9.68. The molecule has 1 amide bonds. The van der Waals surface area contributed by atoms with Crippen molar-refractivity contribution in [3.63, 3.8) is 0 Å². The second-order valence-corrected chi connectivity index (χ2v) is 9.18. The van der Waals surface area contributed by atoms with Crippen LogP contribution in [0.2, 0.25) is 5.15 Å². The number of halogens is 1. The summed E-state index contributed by atoms with van der Waals surface area (Å²) >= 11 is 6.04. The maximum absolute atomic E-state index is 12.3. The monoisotopic (exact) mass is 387 g/mol. The first kappa shape index (κ1) is 18.5. The van der Waals surface area contributed by atoms with Crippen molar-refractivity contribution >= 4 is 28.6 Å². The van der Waals surface area contributed by atoms with Gasteiger partial charge in [-0.05, 0) is 64.5 Å². The van der Waals surface area contributed by atoms with Crippen molar-refractivity contribution in [1.82, 2.24) is 14.9 Å². The summed E-state index contributed by atoms with van der Waals surface area (Å²) < 4.78 is 5.51. The Bertz CT molecular complexity index is 865. The molecule has 4 rings (SSSR count). The lowest BCUT2D eigenvalue weighted by atomic mass is 9.79. The van der Waals surface area contributed by atoms with Crippen molar-refractivity contribution in [3.8, 4) is 0 Å². The van der Waals surface area contributed by atoms with Crippen molar-refractivity contribution in [1.29, 1.82) is 0 Å². The molecular weight excluding hydrogens is 362 g/mol. The van der Waals surface area contributed by atoms with E-state index in [2.05, 4.69) is 17.1 Å². The third-order valence-corrected chi connectivity index (χ3v) is 5.97. The number of nitrogens with zero attached hydrogens (tertiary/aromatic N) is 3. The number of likely N-dealkylation sites (tertiary alicyclic amines) is 1. The van der Waals surface area contributed by atoms with E-state index in [1.807, 2.05) is 31.7 Å². The zero-order valence-corrected chi connectivity index (χ0v) is 16.9. The molecule has 0 radical (unpaired) electrons. The molecule has 3 heterocycles. The maximum atomic E-state index is 12.3. The second-order valence-electron chi connectivity index (χ2n) is 8.79. The lowest BCUT2D eigenvalue weighted by molar-refractivity contribution is 0.0168. The van der Waals surface area contributed by atoms with Crippen LogP contribution >= 0.6 is 11.6 Å². The number of carbonyl (C=O) groups excluding carboxylic acids is 1. The Balaban J connectivity index is 1.47. The summed E-state index contributed by atoms with van der Waals surface area (Å²) in [5.41, 5.74) is 1.78. The smallest absolute Gasteiger partial charge is 0.410 e. The standard InChI is InChI=1S/C21H26ClN3O2/c1-20(2,3)27-19(26)25-10-6-15(7-11-25)21(8-9-21)17-5-4-14-13-23-18(22)12-16(14)24-17/h4-5,12-13,15H,6-11H2,1-3H3. The van der Waals surface area contributed by atoms with E-state index in [1.54, 1.807) is 6.20 Å². The van der Waals surface area contributed by atoms with Gasteiger partial charge in [0.25, 0.3) is 0 Å². The number of rotatable bonds is 2. The van der Waals surface area contributed by atoms with Gasteiger partial charge in [0.05, 0.1) is 5.52 Å². The van der Waals surface area contributed by atoms with Gasteiger partial charge in [0.2, 0.25) is 0 Å². The van der Waals surface area contributed by atoms with Gasteiger partial charge in [0.1, 0.15) is 10.8 Å². The van der Waals surface area contributed by atoms with Gasteiger partial charge >= 0.3 is 6.09 Å². The minimum Gasteiger partial charge on any atom is -0.444 e. The van der Waals surface area contributed by atoms with Crippen LogP contribution in [0.25, 0.3) is 10.9 Å². The van der Waals surface area contributed by atoms with Crippen LogP contribution in [0, 0.1) is 5.92 Å². The Hall–Kier alpha value is -1.88. The van der Waals surface area contributed by atoms with Crippen LogP contribution in [0.3, 0.4) is 0 Å². The number of pyridine rings is 2. The van der Waals surface area contributed by atoms with E-state index in [1.165, 1.54) is 12.8 Å². The molecule has 0 unspecified atom stereocenters. The number of fused-ring (bicyclic) bond motifs is 1. The summed E-state index contributed by atoms with van der Waals surface area (Å²) in [6.07, 6.45) is 5.90. The van der Waals surface area contributed by atoms with Crippen LogP contribution in [-0.4, -0.2) is 39.7 Å². The van der Waals surface area contributed by atoms with Crippen LogP contribution in [-0.2, 0) is 10.2 Å². The molecule has 1 aliphatic heterocycles. The van der Waals surface area contributed by atoms with Crippen molar-refractivity contribution in [3.05, 3.63) is 35.2 Å². The number of aromatic nitrogens is 2. The van der Waals surface area contributed by atoms with Crippen molar-refractivity contribution in [2.24, 2.45) is 5.92 Å². The van der Waals surface area contributed by atoms with Gasteiger partial charge in [-0.25, -0.2) is 9.78 Å². The Labute approximate surface area is 165 Å². The summed E-state index contributed by atoms with van der Waals surface area (Å²) in [6, 6.07) is 6.07. The van der Waals surface area contributed by atoms with E-state index in [4.69, 9.17) is 21.3 Å². The van der Waals surface area contributed by atoms with E-state index in [0.717, 1.165) is 42.5 Å². The largest absolute Gasteiger partial charge is 0.444 e. The molecular formula is C21H26ClN3O2. The summed E-state index contributed by atoms with van der Waals surface area (Å²) in [5.74, 6) is 0.554. The van der Waals surface area contributed by atoms with E-state index < -0.39 is 5.60 Å². The second kappa shape index (κ2) is 6.62. The highest BCUT2D eigenvalue weighted by atomic mass is 35.5. The number of hydrogen-bond donors (Lipinski definition) is 0. The normalized spacial score (nSPS) is 19.9. The molecule has 2 aromatic rings. The fourth-order valence-corrected chi connectivity index (χ4v) is 4.37. The molecule has 1 aliphatic carbocycles. The van der Waals surface area contributed by atoms with Crippen molar-refractivity contribution in [2.75, 3.05) is 13.1 Å². The number of piperidine rings is 1. The van der Waals surface area contributed by atoms with Crippen LogP contribution in [0.1, 0.15) is 52.1 Å². The predicted molar refractivity (Wildman–Crippen MR) is 106 cm³/mol. The van der Waals surface area contributed by atoms with Crippen molar-refractivity contribution in [2.45, 2.75) is 57.5 Å². The molecule has 0 atom stereocenters. The highest BCUT2D eigenvalue weighted by molar-refractivity contribution is 6.29. The molecule has 0 N–H and O–H groups in total. The van der Waals surface area contributed by atoms with Gasteiger partial charge < -0.3 is 9.64 Å². The predicted octanol–water partition coefficient (Wildman–Crippen LogP) is 4.96. The van der Waals surface area contributed by atoms with Crippen molar-refractivity contribution < 1.29 is 9.53 Å². The van der Waals surface area contributed by atoms with E-state index in [0.29, 0.717) is 11.1 Å². The van der Waals surface area contributed by atoms with Gasteiger partial charge in [-0.3, -0.25) is 4.98 Å². The van der Waals surface area contributed by atoms with Crippen LogP contribution in [0.15, 0.2) is 24.4 Å². The third-order valence-electron chi connectivity index (χ3n) is 5.77. The van der Waals surface area contributed by atoms with Gasteiger partial charge in [0, 0.05) is 41.8 Å². The summed E-state index contributed by atoms with van der Waals surface area (Å²) in [6.45, 7) is 7.23. The van der Waals surface area contributed by atoms with E-state index >= 15 is 0 Å².